The number of aliphatic carboxylic acids is 1. The summed E-state index contributed by atoms with van der Waals surface area (Å²) in [6.07, 6.45) is 4.80. The molecule has 27 heavy (non-hydrogen) atoms. The minimum absolute atomic E-state index is 0.101. The number of anilines is 1. The van der Waals surface area contributed by atoms with Gasteiger partial charge in [-0.15, -0.1) is 11.3 Å². The molecular weight excluding hydrogens is 366 g/mol. The van der Waals surface area contributed by atoms with Gasteiger partial charge in [0.25, 0.3) is 0 Å². The van der Waals surface area contributed by atoms with Gasteiger partial charge in [-0.25, -0.2) is 4.79 Å². The van der Waals surface area contributed by atoms with Crippen LogP contribution < -0.4 is 10.4 Å². The molecule has 2 aliphatic rings. The van der Waals surface area contributed by atoms with Gasteiger partial charge in [-0.1, -0.05) is 19.1 Å². The molecule has 6 nitrogen and oxygen atoms in total. The van der Waals surface area contributed by atoms with Gasteiger partial charge in [0.05, 0.1) is 17.6 Å². The van der Waals surface area contributed by atoms with Crippen LogP contribution in [-0.4, -0.2) is 23.9 Å². The highest BCUT2D eigenvalue weighted by molar-refractivity contribution is 7.16. The molecule has 0 unspecified atom stereocenters. The van der Waals surface area contributed by atoms with Gasteiger partial charge < -0.3 is 20.0 Å². The Morgan fingerprint density at radius 1 is 1.26 bits per heavy atom. The Morgan fingerprint density at radius 2 is 1.89 bits per heavy atom. The first-order chi connectivity index (χ1) is 12.7. The minimum atomic E-state index is -1.19. The molecule has 0 aromatic carbocycles. The van der Waals surface area contributed by atoms with Gasteiger partial charge >= 0.3 is 5.97 Å². The lowest BCUT2D eigenvalue weighted by atomic mass is 9.82. The number of fused-ring (bicyclic) bond motifs is 2. The molecule has 0 radical (unpaired) electrons. The number of carboxylic acids is 1. The van der Waals surface area contributed by atoms with E-state index in [-0.39, 0.29) is 23.8 Å². The van der Waals surface area contributed by atoms with Crippen molar-refractivity contribution in [1.82, 2.24) is 0 Å². The quantitative estimate of drug-likeness (QED) is 0.594. The number of carboxylic acid groups (broad SMARTS) is 1. The van der Waals surface area contributed by atoms with Crippen molar-refractivity contribution in [3.8, 4) is 0 Å². The van der Waals surface area contributed by atoms with Crippen molar-refractivity contribution < 1.29 is 24.2 Å². The topological polar surface area (TPSA) is 95.5 Å². The zero-order valence-electron chi connectivity index (χ0n) is 15.9. The lowest BCUT2D eigenvalue weighted by Gasteiger charge is -2.27. The SMILES string of the molecule is CCc1c(C)sc(NC(=O)[C@H]2[C@@H](C(=O)[O-])[C@@H]3C=C[C@@H]2C3)c1C(=O)OC(C)C. The van der Waals surface area contributed by atoms with E-state index in [0.29, 0.717) is 23.4 Å². The Hall–Kier alpha value is -2.15. The Balaban J connectivity index is 1.89. The number of carbonyl (C=O) groups is 3. The van der Waals surface area contributed by atoms with Gasteiger partial charge in [-0.2, -0.15) is 0 Å². The van der Waals surface area contributed by atoms with Gasteiger partial charge in [0, 0.05) is 16.8 Å². The van der Waals surface area contributed by atoms with Crippen molar-refractivity contribution >= 4 is 34.2 Å². The molecule has 0 spiro atoms. The van der Waals surface area contributed by atoms with Crippen LogP contribution in [0.5, 0.6) is 0 Å². The zero-order valence-corrected chi connectivity index (χ0v) is 16.7. The Morgan fingerprint density at radius 3 is 2.44 bits per heavy atom. The van der Waals surface area contributed by atoms with Crippen LogP contribution in [-0.2, 0) is 20.7 Å². The van der Waals surface area contributed by atoms with Crippen molar-refractivity contribution in [2.75, 3.05) is 5.32 Å². The molecule has 0 saturated heterocycles. The smallest absolute Gasteiger partial charge is 0.341 e. The predicted octanol–water partition coefficient (Wildman–Crippen LogP) is 2.31. The standard InChI is InChI=1S/C20H25NO5S/c1-5-13-10(4)27-18(16(13)20(25)26-9(2)3)21-17(22)14-11-6-7-12(8-11)15(14)19(23)24/h6-7,9,11-12,14-15H,5,8H2,1-4H3,(H,21,22)(H,23,24)/p-1/t11-,12-,14-,15+/m1/s1. The largest absolute Gasteiger partial charge is 0.550 e. The fourth-order valence-corrected chi connectivity index (χ4v) is 5.41. The van der Waals surface area contributed by atoms with Crippen LogP contribution in [0.15, 0.2) is 12.2 Å². The van der Waals surface area contributed by atoms with E-state index in [0.717, 1.165) is 10.4 Å². The van der Waals surface area contributed by atoms with Crippen LogP contribution in [0.1, 0.15) is 48.0 Å². The van der Waals surface area contributed by atoms with Crippen LogP contribution in [0.2, 0.25) is 0 Å². The molecule has 3 rings (SSSR count). The monoisotopic (exact) mass is 390 g/mol. The molecule has 7 heteroatoms. The van der Waals surface area contributed by atoms with Crippen LogP contribution in [0.3, 0.4) is 0 Å². The summed E-state index contributed by atoms with van der Waals surface area (Å²) in [6, 6.07) is 0. The van der Waals surface area contributed by atoms with E-state index < -0.39 is 23.8 Å². The fourth-order valence-electron chi connectivity index (χ4n) is 4.28. The average molecular weight is 390 g/mol. The molecule has 146 valence electrons. The second kappa shape index (κ2) is 7.46. The summed E-state index contributed by atoms with van der Waals surface area (Å²) < 4.78 is 5.35. The number of allylic oxidation sites excluding steroid dienone is 2. The molecule has 2 bridgehead atoms. The number of amides is 1. The van der Waals surface area contributed by atoms with Gasteiger partial charge in [-0.3, -0.25) is 4.79 Å². The van der Waals surface area contributed by atoms with Gasteiger partial charge in [-0.05, 0) is 51.0 Å². The number of rotatable bonds is 6. The molecule has 4 atom stereocenters. The average Bonchev–Trinajstić information content (AvgIpc) is 3.25. The number of carbonyl (C=O) groups excluding carboxylic acids is 3. The van der Waals surface area contributed by atoms with E-state index in [9.17, 15) is 19.5 Å². The summed E-state index contributed by atoms with van der Waals surface area (Å²) in [7, 11) is 0. The number of esters is 1. The van der Waals surface area contributed by atoms with Crippen LogP contribution >= 0.6 is 11.3 Å². The lowest BCUT2D eigenvalue weighted by Crippen LogP contribution is -2.42. The Labute approximate surface area is 162 Å². The molecule has 1 aromatic rings. The van der Waals surface area contributed by atoms with Crippen molar-refractivity contribution in [3.63, 3.8) is 0 Å². The number of aryl methyl sites for hydroxylation is 1. The first kappa shape index (κ1) is 19.6. The predicted molar refractivity (Wildman–Crippen MR) is 100 cm³/mol. The van der Waals surface area contributed by atoms with E-state index in [1.54, 1.807) is 13.8 Å². The highest BCUT2D eigenvalue weighted by Gasteiger charge is 2.49. The Bertz CT molecular complexity index is 810. The highest BCUT2D eigenvalue weighted by Crippen LogP contribution is 2.48. The minimum Gasteiger partial charge on any atom is -0.550 e. The normalized spacial score (nSPS) is 25.8. The second-order valence-electron chi connectivity index (χ2n) is 7.46. The maximum absolute atomic E-state index is 12.9. The van der Waals surface area contributed by atoms with Crippen LogP contribution in [0, 0.1) is 30.6 Å². The summed E-state index contributed by atoms with van der Waals surface area (Å²) >= 11 is 1.32. The van der Waals surface area contributed by atoms with Gasteiger partial charge in [0.15, 0.2) is 0 Å². The first-order valence-electron chi connectivity index (χ1n) is 9.27. The second-order valence-corrected chi connectivity index (χ2v) is 8.68. The van der Waals surface area contributed by atoms with Gasteiger partial charge in [0.2, 0.25) is 5.91 Å². The molecule has 1 fully saturated rings. The van der Waals surface area contributed by atoms with E-state index in [2.05, 4.69) is 5.32 Å². The molecule has 1 aromatic heterocycles. The number of thiophene rings is 1. The summed E-state index contributed by atoms with van der Waals surface area (Å²) in [4.78, 5) is 38.0. The molecule has 0 aliphatic heterocycles. The first-order valence-corrected chi connectivity index (χ1v) is 10.1. The van der Waals surface area contributed by atoms with Crippen molar-refractivity contribution in [2.45, 2.75) is 46.6 Å². The summed E-state index contributed by atoms with van der Waals surface area (Å²) in [6.45, 7) is 7.38. The van der Waals surface area contributed by atoms with E-state index in [1.165, 1.54) is 11.3 Å². The third-order valence-electron chi connectivity index (χ3n) is 5.38. The maximum Gasteiger partial charge on any atom is 0.341 e. The number of ether oxygens (including phenoxy) is 1. The number of nitrogens with one attached hydrogen (secondary N) is 1. The molecule has 1 amide bonds. The van der Waals surface area contributed by atoms with Crippen molar-refractivity contribution in [2.24, 2.45) is 23.7 Å². The number of hydrogen-bond donors (Lipinski definition) is 1. The summed E-state index contributed by atoms with van der Waals surface area (Å²) in [5.74, 6) is -3.78. The highest BCUT2D eigenvalue weighted by atomic mass is 32.1. The van der Waals surface area contributed by atoms with Crippen LogP contribution in [0.25, 0.3) is 0 Å². The van der Waals surface area contributed by atoms with E-state index >= 15 is 0 Å². The van der Waals surface area contributed by atoms with Crippen LogP contribution in [0.4, 0.5) is 5.00 Å². The Kier molecular flexibility index (Phi) is 5.42. The van der Waals surface area contributed by atoms with E-state index in [4.69, 9.17) is 4.74 Å². The third-order valence-corrected chi connectivity index (χ3v) is 6.44. The molecular formula is C20H24NO5S-. The number of hydrogen-bond acceptors (Lipinski definition) is 6. The molecule has 1 saturated carbocycles. The molecule has 2 aliphatic carbocycles. The maximum atomic E-state index is 12.9. The summed E-state index contributed by atoms with van der Waals surface area (Å²) in [5.41, 5.74) is 1.23. The third kappa shape index (κ3) is 3.52. The van der Waals surface area contributed by atoms with Crippen molar-refractivity contribution in [3.05, 3.63) is 28.2 Å². The van der Waals surface area contributed by atoms with E-state index in [1.807, 2.05) is 26.0 Å². The van der Waals surface area contributed by atoms with Gasteiger partial charge in [0.1, 0.15) is 5.00 Å². The summed E-state index contributed by atoms with van der Waals surface area (Å²) in [5, 5.41) is 14.8. The van der Waals surface area contributed by atoms with Crippen molar-refractivity contribution in [1.29, 1.82) is 0 Å². The molecule has 1 N–H and O–H groups in total. The zero-order chi connectivity index (χ0) is 19.9. The fraction of sp³-hybridized carbons (Fsp3) is 0.550. The lowest BCUT2D eigenvalue weighted by molar-refractivity contribution is -0.313. The molecule has 1 heterocycles.